The van der Waals surface area contributed by atoms with Gasteiger partial charge >= 0.3 is 5.97 Å². The first kappa shape index (κ1) is 22.6. The molecule has 0 bridgehead atoms. The van der Waals surface area contributed by atoms with Crippen LogP contribution in [-0.2, 0) is 11.3 Å². The van der Waals surface area contributed by atoms with Crippen LogP contribution in [0.3, 0.4) is 0 Å². The van der Waals surface area contributed by atoms with E-state index in [1.807, 2.05) is 12.1 Å². The van der Waals surface area contributed by atoms with Crippen LogP contribution in [-0.4, -0.2) is 24.4 Å². The summed E-state index contributed by atoms with van der Waals surface area (Å²) in [6, 6.07) is 10.4. The van der Waals surface area contributed by atoms with Crippen molar-refractivity contribution >= 4 is 50.1 Å². The highest BCUT2D eigenvalue weighted by atomic mass is 79.9. The van der Waals surface area contributed by atoms with Crippen molar-refractivity contribution in [2.75, 3.05) is 11.9 Å². The van der Waals surface area contributed by atoms with E-state index in [2.05, 4.69) is 21.2 Å². The van der Waals surface area contributed by atoms with Crippen molar-refractivity contribution in [2.45, 2.75) is 20.5 Å². The van der Waals surface area contributed by atoms with E-state index in [9.17, 15) is 14.4 Å². The monoisotopic (exact) mass is 506 g/mol. The highest BCUT2D eigenvalue weighted by Gasteiger charge is 2.26. The minimum Gasteiger partial charge on any atom is -0.486 e. The number of ether oxygens (including phenoxy) is 2. The number of hydrogen-bond acceptors (Lipinski definition) is 7. The molecule has 1 aromatic carbocycles. The van der Waals surface area contributed by atoms with Gasteiger partial charge in [0.2, 0.25) is 0 Å². The second kappa shape index (κ2) is 9.80. The number of amides is 2. The Hall–Kier alpha value is -3.11. The van der Waals surface area contributed by atoms with E-state index in [0.717, 1.165) is 15.8 Å². The highest BCUT2D eigenvalue weighted by molar-refractivity contribution is 9.10. The summed E-state index contributed by atoms with van der Waals surface area (Å²) in [6.07, 6.45) is 0. The van der Waals surface area contributed by atoms with Crippen molar-refractivity contribution in [3.8, 4) is 5.75 Å². The van der Waals surface area contributed by atoms with Gasteiger partial charge in [-0.25, -0.2) is 4.79 Å². The van der Waals surface area contributed by atoms with Gasteiger partial charge in [-0.3, -0.25) is 9.59 Å². The Kier molecular flexibility index (Phi) is 7.13. The zero-order chi connectivity index (χ0) is 22.5. The zero-order valence-electron chi connectivity index (χ0n) is 16.7. The number of primary amides is 1. The first-order chi connectivity index (χ1) is 14.8. The molecule has 162 valence electrons. The van der Waals surface area contributed by atoms with Crippen molar-refractivity contribution in [3.05, 3.63) is 68.4 Å². The van der Waals surface area contributed by atoms with Crippen LogP contribution < -0.4 is 15.8 Å². The van der Waals surface area contributed by atoms with Crippen LogP contribution in [0, 0.1) is 6.92 Å². The SMILES string of the molecule is CCOC(=O)c1c(NC(=O)c2ccc(COc3ccc(Br)cc3)o2)sc(C(N)=O)c1C. The van der Waals surface area contributed by atoms with Gasteiger partial charge in [-0.2, -0.15) is 0 Å². The average molecular weight is 507 g/mol. The molecule has 2 aromatic heterocycles. The van der Waals surface area contributed by atoms with Gasteiger partial charge in [0.25, 0.3) is 11.8 Å². The van der Waals surface area contributed by atoms with Crippen LogP contribution in [0.4, 0.5) is 5.00 Å². The predicted molar refractivity (Wildman–Crippen MR) is 119 cm³/mol. The van der Waals surface area contributed by atoms with Crippen molar-refractivity contribution in [3.63, 3.8) is 0 Å². The Morgan fingerprint density at radius 1 is 1.16 bits per heavy atom. The van der Waals surface area contributed by atoms with Crippen LogP contribution in [0.5, 0.6) is 5.75 Å². The molecule has 0 saturated carbocycles. The van der Waals surface area contributed by atoms with Crippen molar-refractivity contribution in [1.29, 1.82) is 0 Å². The molecule has 0 fully saturated rings. The second-order valence-corrected chi connectivity index (χ2v) is 8.24. The Labute approximate surface area is 190 Å². The third-order valence-corrected chi connectivity index (χ3v) is 5.91. The summed E-state index contributed by atoms with van der Waals surface area (Å²) in [5.41, 5.74) is 5.83. The Morgan fingerprint density at radius 2 is 1.87 bits per heavy atom. The van der Waals surface area contributed by atoms with E-state index >= 15 is 0 Å². The van der Waals surface area contributed by atoms with E-state index in [4.69, 9.17) is 19.6 Å². The maximum absolute atomic E-state index is 12.6. The van der Waals surface area contributed by atoms with Crippen LogP contribution in [0.25, 0.3) is 0 Å². The molecule has 2 heterocycles. The van der Waals surface area contributed by atoms with Crippen molar-refractivity contribution in [1.82, 2.24) is 0 Å². The van der Waals surface area contributed by atoms with E-state index in [0.29, 0.717) is 17.1 Å². The summed E-state index contributed by atoms with van der Waals surface area (Å²) in [6.45, 7) is 3.51. The number of hydrogen-bond donors (Lipinski definition) is 2. The van der Waals surface area contributed by atoms with Gasteiger partial charge in [0.15, 0.2) is 5.76 Å². The molecule has 3 aromatic rings. The standard InChI is InChI=1S/C21H19BrN2O6S/c1-3-28-21(27)16-11(2)17(18(23)25)31-20(16)24-19(26)15-9-8-14(30-15)10-29-13-6-4-12(22)5-7-13/h4-9H,3,10H2,1-2H3,(H2,23,25)(H,24,26). The predicted octanol–water partition coefficient (Wildman–Crippen LogP) is 4.52. The molecule has 2 amide bonds. The molecule has 0 radical (unpaired) electrons. The molecule has 8 nitrogen and oxygen atoms in total. The number of halogens is 1. The van der Waals surface area contributed by atoms with Crippen molar-refractivity contribution < 1.29 is 28.3 Å². The third kappa shape index (κ3) is 5.33. The van der Waals surface area contributed by atoms with Crippen LogP contribution in [0.1, 0.15) is 48.8 Å². The molecule has 0 aliphatic heterocycles. The molecular formula is C21H19BrN2O6S. The zero-order valence-corrected chi connectivity index (χ0v) is 19.1. The smallest absolute Gasteiger partial charge is 0.341 e. The minimum absolute atomic E-state index is 0.0240. The van der Waals surface area contributed by atoms with E-state index < -0.39 is 17.8 Å². The Morgan fingerprint density at radius 3 is 2.52 bits per heavy atom. The van der Waals surface area contributed by atoms with E-state index in [1.54, 1.807) is 32.0 Å². The number of carbonyl (C=O) groups is 3. The molecule has 0 unspecified atom stereocenters. The quantitative estimate of drug-likeness (QED) is 0.433. The summed E-state index contributed by atoms with van der Waals surface area (Å²) >= 11 is 4.26. The number of nitrogens with one attached hydrogen (secondary N) is 1. The molecule has 3 N–H and O–H groups in total. The third-order valence-electron chi connectivity index (χ3n) is 4.16. The fraction of sp³-hybridized carbons (Fsp3) is 0.190. The average Bonchev–Trinajstić information content (AvgIpc) is 3.32. The lowest BCUT2D eigenvalue weighted by molar-refractivity contribution is 0.0527. The van der Waals surface area contributed by atoms with Crippen molar-refractivity contribution in [2.24, 2.45) is 5.73 Å². The van der Waals surface area contributed by atoms with Gasteiger partial charge in [0.1, 0.15) is 23.1 Å². The molecule has 0 aliphatic carbocycles. The number of thiophene rings is 1. The topological polar surface area (TPSA) is 121 Å². The van der Waals surface area contributed by atoms with Gasteiger partial charge in [-0.1, -0.05) is 15.9 Å². The largest absolute Gasteiger partial charge is 0.486 e. The van der Waals surface area contributed by atoms with Crippen LogP contribution in [0.15, 0.2) is 45.3 Å². The van der Waals surface area contributed by atoms with Gasteiger partial charge in [-0.05, 0) is 55.8 Å². The molecule has 0 atom stereocenters. The van der Waals surface area contributed by atoms with Gasteiger partial charge in [0.05, 0.1) is 17.0 Å². The Balaban J connectivity index is 1.74. The number of anilines is 1. The van der Waals surface area contributed by atoms with Crippen LogP contribution >= 0.6 is 27.3 Å². The fourth-order valence-corrected chi connectivity index (χ4v) is 4.02. The van der Waals surface area contributed by atoms with Gasteiger partial charge in [-0.15, -0.1) is 11.3 Å². The lowest BCUT2D eigenvalue weighted by Gasteiger charge is -2.06. The number of rotatable bonds is 8. The fourth-order valence-electron chi connectivity index (χ4n) is 2.71. The summed E-state index contributed by atoms with van der Waals surface area (Å²) < 4.78 is 17.1. The normalized spacial score (nSPS) is 10.5. The number of nitrogens with two attached hydrogens (primary N) is 1. The molecular weight excluding hydrogens is 488 g/mol. The van der Waals surface area contributed by atoms with E-state index in [1.165, 1.54) is 6.07 Å². The lowest BCUT2D eigenvalue weighted by atomic mass is 10.1. The van der Waals surface area contributed by atoms with E-state index in [-0.39, 0.29) is 34.4 Å². The first-order valence-electron chi connectivity index (χ1n) is 9.18. The molecule has 3 rings (SSSR count). The number of esters is 1. The number of benzene rings is 1. The molecule has 0 aliphatic rings. The lowest BCUT2D eigenvalue weighted by Crippen LogP contribution is -2.14. The molecule has 10 heteroatoms. The summed E-state index contributed by atoms with van der Waals surface area (Å²) in [7, 11) is 0. The summed E-state index contributed by atoms with van der Waals surface area (Å²) in [5, 5.41) is 2.77. The number of furan rings is 1. The summed E-state index contributed by atoms with van der Waals surface area (Å²) in [4.78, 5) is 36.8. The van der Waals surface area contributed by atoms with Crippen LogP contribution in [0.2, 0.25) is 0 Å². The summed E-state index contributed by atoms with van der Waals surface area (Å²) in [5.74, 6) is -0.814. The first-order valence-corrected chi connectivity index (χ1v) is 10.8. The maximum atomic E-state index is 12.6. The Bertz CT molecular complexity index is 1120. The highest BCUT2D eigenvalue weighted by Crippen LogP contribution is 2.34. The second-order valence-electron chi connectivity index (χ2n) is 6.31. The molecule has 0 spiro atoms. The number of carbonyl (C=O) groups excluding carboxylic acids is 3. The molecule has 31 heavy (non-hydrogen) atoms. The van der Waals surface area contributed by atoms with Gasteiger partial charge < -0.3 is 24.9 Å². The molecule has 0 saturated heterocycles. The van der Waals surface area contributed by atoms with Gasteiger partial charge in [0, 0.05) is 4.47 Å². The minimum atomic E-state index is -0.695. The maximum Gasteiger partial charge on any atom is 0.341 e.